The third kappa shape index (κ3) is 3.20. The molecule has 1 fully saturated rings. The summed E-state index contributed by atoms with van der Waals surface area (Å²) in [5.41, 5.74) is 0.757. The zero-order valence-electron chi connectivity index (χ0n) is 11.1. The van der Waals surface area contributed by atoms with Gasteiger partial charge in [0.15, 0.2) is 0 Å². The summed E-state index contributed by atoms with van der Waals surface area (Å²) in [6.07, 6.45) is 0.716. The first-order valence-corrected chi connectivity index (χ1v) is 6.70. The molecule has 1 aromatic carbocycles. The van der Waals surface area contributed by atoms with Gasteiger partial charge in [0.2, 0.25) is 11.7 Å². The van der Waals surface area contributed by atoms with Gasteiger partial charge >= 0.3 is 0 Å². The van der Waals surface area contributed by atoms with Gasteiger partial charge in [-0.3, -0.25) is 4.90 Å². The topological polar surface area (TPSA) is 51.4 Å². The highest BCUT2D eigenvalue weighted by Gasteiger charge is 2.13. The summed E-state index contributed by atoms with van der Waals surface area (Å²) in [5.74, 6) is 0.836. The van der Waals surface area contributed by atoms with Gasteiger partial charge in [-0.05, 0) is 24.3 Å². The molecule has 0 N–H and O–H groups in total. The summed E-state index contributed by atoms with van der Waals surface area (Å²) in [6, 6.07) is 6.07. The van der Waals surface area contributed by atoms with Crippen LogP contribution in [0.3, 0.4) is 0 Å². The van der Waals surface area contributed by atoms with E-state index < -0.39 is 0 Å². The lowest BCUT2D eigenvalue weighted by Gasteiger charge is -2.25. The van der Waals surface area contributed by atoms with Crippen LogP contribution >= 0.6 is 0 Å². The van der Waals surface area contributed by atoms with Crippen molar-refractivity contribution in [3.05, 3.63) is 36.0 Å². The fraction of sp³-hybridized carbons (Fsp3) is 0.429. The lowest BCUT2D eigenvalue weighted by molar-refractivity contribution is 0.0375. The molecule has 3 rings (SSSR count). The first kappa shape index (κ1) is 13.2. The second-order valence-electron chi connectivity index (χ2n) is 4.72. The minimum atomic E-state index is -0.273. The van der Waals surface area contributed by atoms with Crippen LogP contribution < -0.4 is 0 Å². The predicted octanol–water partition coefficient (Wildman–Crippen LogP) is 1.75. The van der Waals surface area contributed by atoms with Crippen LogP contribution in [0.4, 0.5) is 4.39 Å². The van der Waals surface area contributed by atoms with Crippen molar-refractivity contribution in [2.45, 2.75) is 6.42 Å². The molecule has 1 saturated heterocycles. The van der Waals surface area contributed by atoms with Gasteiger partial charge in [0.1, 0.15) is 5.82 Å². The zero-order valence-corrected chi connectivity index (χ0v) is 11.1. The van der Waals surface area contributed by atoms with Gasteiger partial charge in [0.25, 0.3) is 0 Å². The number of morpholine rings is 1. The number of ether oxygens (including phenoxy) is 1. The summed E-state index contributed by atoms with van der Waals surface area (Å²) >= 11 is 0. The van der Waals surface area contributed by atoms with Gasteiger partial charge in [0.05, 0.1) is 13.2 Å². The minimum Gasteiger partial charge on any atom is -0.379 e. The second-order valence-corrected chi connectivity index (χ2v) is 4.72. The molecule has 0 bridgehead atoms. The predicted molar refractivity (Wildman–Crippen MR) is 70.7 cm³/mol. The molecule has 1 aliphatic heterocycles. The maximum absolute atomic E-state index is 12.9. The number of rotatable bonds is 4. The monoisotopic (exact) mass is 277 g/mol. The lowest BCUT2D eigenvalue weighted by Crippen LogP contribution is -2.37. The van der Waals surface area contributed by atoms with Crippen molar-refractivity contribution >= 4 is 0 Å². The Hall–Kier alpha value is -1.79. The van der Waals surface area contributed by atoms with Crippen molar-refractivity contribution < 1.29 is 13.7 Å². The number of nitrogens with zero attached hydrogens (tertiary/aromatic N) is 3. The quantitative estimate of drug-likeness (QED) is 0.852. The molecular formula is C14H16FN3O2. The molecule has 20 heavy (non-hydrogen) atoms. The summed E-state index contributed by atoms with van der Waals surface area (Å²) in [4.78, 5) is 6.65. The molecule has 6 heteroatoms. The van der Waals surface area contributed by atoms with E-state index in [9.17, 15) is 4.39 Å². The molecule has 0 atom stereocenters. The van der Waals surface area contributed by atoms with E-state index in [0.717, 1.165) is 38.4 Å². The van der Waals surface area contributed by atoms with Crippen LogP contribution in [0.15, 0.2) is 28.8 Å². The number of halogens is 1. The molecule has 106 valence electrons. The molecule has 1 aliphatic rings. The first-order valence-electron chi connectivity index (χ1n) is 6.70. The standard InChI is InChI=1S/C14H16FN3O2/c15-12-3-1-11(2-4-12)14-16-13(20-17-14)5-6-18-7-9-19-10-8-18/h1-4H,5-10H2. The average Bonchev–Trinajstić information content (AvgIpc) is 2.96. The smallest absolute Gasteiger partial charge is 0.228 e. The SMILES string of the molecule is Fc1ccc(-c2noc(CCN3CCOCC3)n2)cc1. The van der Waals surface area contributed by atoms with Crippen molar-refractivity contribution in [1.29, 1.82) is 0 Å². The normalized spacial score (nSPS) is 16.4. The van der Waals surface area contributed by atoms with Crippen LogP contribution in [0.5, 0.6) is 0 Å². The van der Waals surface area contributed by atoms with Crippen molar-refractivity contribution in [3.63, 3.8) is 0 Å². The maximum atomic E-state index is 12.9. The van der Waals surface area contributed by atoms with Crippen LogP contribution in [-0.2, 0) is 11.2 Å². The van der Waals surface area contributed by atoms with E-state index in [1.807, 2.05) is 0 Å². The Labute approximate surface area is 116 Å². The number of hydrogen-bond donors (Lipinski definition) is 0. The molecule has 5 nitrogen and oxygen atoms in total. The van der Waals surface area contributed by atoms with Gasteiger partial charge in [-0.1, -0.05) is 5.16 Å². The van der Waals surface area contributed by atoms with Crippen LogP contribution in [-0.4, -0.2) is 47.9 Å². The van der Waals surface area contributed by atoms with Crippen molar-refractivity contribution in [1.82, 2.24) is 15.0 Å². The third-order valence-electron chi connectivity index (χ3n) is 3.32. The highest BCUT2D eigenvalue weighted by Crippen LogP contribution is 2.16. The minimum absolute atomic E-state index is 0.273. The Bertz CT molecular complexity index is 550. The van der Waals surface area contributed by atoms with E-state index in [2.05, 4.69) is 15.0 Å². The summed E-state index contributed by atoms with van der Waals surface area (Å²) in [7, 11) is 0. The molecule has 1 aromatic heterocycles. The second kappa shape index (κ2) is 6.11. The Morgan fingerprint density at radius 1 is 1.15 bits per heavy atom. The molecule has 0 radical (unpaired) electrons. The molecular weight excluding hydrogens is 261 g/mol. The van der Waals surface area contributed by atoms with E-state index in [1.54, 1.807) is 12.1 Å². The number of aromatic nitrogens is 2. The molecule has 2 aromatic rings. The van der Waals surface area contributed by atoms with E-state index >= 15 is 0 Å². The first-order chi connectivity index (χ1) is 9.81. The Balaban J connectivity index is 1.60. The van der Waals surface area contributed by atoms with Crippen molar-refractivity contribution in [3.8, 4) is 11.4 Å². The van der Waals surface area contributed by atoms with E-state index in [0.29, 0.717) is 18.1 Å². The summed E-state index contributed by atoms with van der Waals surface area (Å²) < 4.78 is 23.4. The van der Waals surface area contributed by atoms with Crippen LogP contribution in [0.2, 0.25) is 0 Å². The van der Waals surface area contributed by atoms with Crippen molar-refractivity contribution in [2.75, 3.05) is 32.8 Å². The molecule has 2 heterocycles. The number of benzene rings is 1. The molecule has 0 saturated carbocycles. The van der Waals surface area contributed by atoms with Crippen LogP contribution in [0.1, 0.15) is 5.89 Å². The van der Waals surface area contributed by atoms with Gasteiger partial charge < -0.3 is 9.26 Å². The molecule has 0 spiro atoms. The molecule has 0 unspecified atom stereocenters. The lowest BCUT2D eigenvalue weighted by atomic mass is 10.2. The molecule has 0 amide bonds. The van der Waals surface area contributed by atoms with Gasteiger partial charge in [-0.25, -0.2) is 4.39 Å². The highest BCUT2D eigenvalue weighted by atomic mass is 19.1. The van der Waals surface area contributed by atoms with E-state index in [1.165, 1.54) is 12.1 Å². The summed E-state index contributed by atoms with van der Waals surface area (Å²) in [5, 5.41) is 3.93. The maximum Gasteiger partial charge on any atom is 0.228 e. The summed E-state index contributed by atoms with van der Waals surface area (Å²) in [6.45, 7) is 4.33. The average molecular weight is 277 g/mol. The van der Waals surface area contributed by atoms with Crippen molar-refractivity contribution in [2.24, 2.45) is 0 Å². The van der Waals surface area contributed by atoms with Crippen LogP contribution in [0.25, 0.3) is 11.4 Å². The Morgan fingerprint density at radius 3 is 2.65 bits per heavy atom. The molecule has 0 aliphatic carbocycles. The fourth-order valence-corrected chi connectivity index (χ4v) is 2.15. The third-order valence-corrected chi connectivity index (χ3v) is 3.32. The van der Waals surface area contributed by atoms with Gasteiger partial charge in [-0.15, -0.1) is 0 Å². The van der Waals surface area contributed by atoms with E-state index in [4.69, 9.17) is 9.26 Å². The van der Waals surface area contributed by atoms with E-state index in [-0.39, 0.29) is 5.82 Å². The fourth-order valence-electron chi connectivity index (χ4n) is 2.15. The largest absolute Gasteiger partial charge is 0.379 e. The van der Waals surface area contributed by atoms with Gasteiger partial charge in [0, 0.05) is 31.6 Å². The Morgan fingerprint density at radius 2 is 1.90 bits per heavy atom. The number of hydrogen-bond acceptors (Lipinski definition) is 5. The van der Waals surface area contributed by atoms with Gasteiger partial charge in [-0.2, -0.15) is 4.98 Å². The Kier molecular flexibility index (Phi) is 4.03. The zero-order chi connectivity index (χ0) is 13.8. The highest BCUT2D eigenvalue weighted by molar-refractivity contribution is 5.53. The van der Waals surface area contributed by atoms with Crippen LogP contribution in [0, 0.1) is 5.82 Å².